The van der Waals surface area contributed by atoms with Crippen LogP contribution in [0.5, 0.6) is 0 Å². The van der Waals surface area contributed by atoms with Gasteiger partial charge < -0.3 is 5.32 Å². The summed E-state index contributed by atoms with van der Waals surface area (Å²) in [5, 5.41) is 8.26. The zero-order valence-corrected chi connectivity index (χ0v) is 16.0. The molecule has 1 aromatic carbocycles. The number of amides is 1. The highest BCUT2D eigenvalue weighted by Gasteiger charge is 2.35. The molecule has 0 saturated heterocycles. The number of benzene rings is 1. The van der Waals surface area contributed by atoms with Gasteiger partial charge in [0.2, 0.25) is 0 Å². The summed E-state index contributed by atoms with van der Waals surface area (Å²) in [5.74, 6) is -0.606. The van der Waals surface area contributed by atoms with Crippen molar-refractivity contribution in [2.45, 2.75) is 19.5 Å². The molecule has 5 nitrogen and oxygen atoms in total. The Morgan fingerprint density at radius 2 is 1.93 bits per heavy atom. The predicted molar refractivity (Wildman–Crippen MR) is 105 cm³/mol. The van der Waals surface area contributed by atoms with Crippen molar-refractivity contribution in [3.05, 3.63) is 70.9 Å². The van der Waals surface area contributed by atoms with E-state index in [-0.39, 0.29) is 17.0 Å². The molecule has 3 heterocycles. The quantitative estimate of drug-likeness (QED) is 0.492. The van der Waals surface area contributed by atoms with Crippen molar-refractivity contribution in [3.63, 3.8) is 0 Å². The van der Waals surface area contributed by atoms with E-state index in [1.165, 1.54) is 17.4 Å². The second-order valence-electron chi connectivity index (χ2n) is 6.31. The van der Waals surface area contributed by atoms with E-state index in [1.54, 1.807) is 29.6 Å². The molecule has 1 N–H and O–H groups in total. The monoisotopic (exact) mass is 416 g/mol. The van der Waals surface area contributed by atoms with Crippen LogP contribution in [0.4, 0.5) is 18.9 Å². The smallest absolute Gasteiger partial charge is 0.321 e. The fraction of sp³-hybridized carbons (Fsp3) is 0.150. The first-order valence-corrected chi connectivity index (χ1v) is 9.65. The number of hydrogen-bond acceptors (Lipinski definition) is 4. The molecule has 0 radical (unpaired) electrons. The van der Waals surface area contributed by atoms with Crippen LogP contribution < -0.4 is 5.32 Å². The number of carbonyl (C=O) groups is 1. The standard InChI is InChI=1S/C20H15F3N4OS/c1-2-12-5-7-13(8-6-12)24-19(28)15-11-18-25-14(16-4-3-9-29-16)10-17(20(21,22)23)27(18)26-15/h3-11H,2H2,1H3,(H,24,28). The van der Waals surface area contributed by atoms with Gasteiger partial charge in [0.25, 0.3) is 5.91 Å². The Morgan fingerprint density at radius 1 is 1.17 bits per heavy atom. The summed E-state index contributed by atoms with van der Waals surface area (Å²) >= 11 is 1.28. The summed E-state index contributed by atoms with van der Waals surface area (Å²) in [7, 11) is 0. The molecule has 0 atom stereocenters. The maximum atomic E-state index is 13.6. The third-order valence-corrected chi connectivity index (χ3v) is 5.24. The van der Waals surface area contributed by atoms with E-state index >= 15 is 0 Å². The molecule has 0 aliphatic carbocycles. The molecule has 29 heavy (non-hydrogen) atoms. The predicted octanol–water partition coefficient (Wildman–Crippen LogP) is 5.29. The van der Waals surface area contributed by atoms with Gasteiger partial charge in [-0.25, -0.2) is 9.50 Å². The minimum Gasteiger partial charge on any atom is -0.321 e. The number of carbonyl (C=O) groups excluding carboxylic acids is 1. The SMILES string of the molecule is CCc1ccc(NC(=O)c2cc3nc(-c4cccs4)cc(C(F)(F)F)n3n2)cc1. The molecule has 0 spiro atoms. The Hall–Kier alpha value is -3.20. The molecular weight excluding hydrogens is 401 g/mol. The Labute approximate surface area is 167 Å². The lowest BCUT2D eigenvalue weighted by atomic mass is 10.1. The average Bonchev–Trinajstić information content (AvgIpc) is 3.36. The van der Waals surface area contributed by atoms with Crippen LogP contribution in [0.2, 0.25) is 0 Å². The van der Waals surface area contributed by atoms with Gasteiger partial charge in [-0.15, -0.1) is 11.3 Å². The summed E-state index contributed by atoms with van der Waals surface area (Å²) in [6.45, 7) is 2.01. The Morgan fingerprint density at radius 3 is 2.55 bits per heavy atom. The normalized spacial score (nSPS) is 11.7. The molecule has 4 rings (SSSR count). The van der Waals surface area contributed by atoms with E-state index in [2.05, 4.69) is 15.4 Å². The molecule has 0 bridgehead atoms. The van der Waals surface area contributed by atoms with Gasteiger partial charge in [-0.05, 0) is 41.6 Å². The fourth-order valence-corrected chi connectivity index (χ4v) is 3.54. The number of aryl methyl sites for hydroxylation is 1. The van der Waals surface area contributed by atoms with Crippen LogP contribution in [-0.2, 0) is 12.6 Å². The van der Waals surface area contributed by atoms with E-state index in [0.717, 1.165) is 18.1 Å². The summed E-state index contributed by atoms with van der Waals surface area (Å²) in [4.78, 5) is 17.4. The second kappa shape index (κ2) is 7.32. The summed E-state index contributed by atoms with van der Waals surface area (Å²) in [6, 6.07) is 12.8. The largest absolute Gasteiger partial charge is 0.433 e. The van der Waals surface area contributed by atoms with Gasteiger partial charge in [0, 0.05) is 11.8 Å². The van der Waals surface area contributed by atoms with Crippen molar-refractivity contribution >= 4 is 28.6 Å². The molecule has 0 aliphatic heterocycles. The molecule has 9 heteroatoms. The van der Waals surface area contributed by atoms with Gasteiger partial charge in [0.05, 0.1) is 10.6 Å². The number of alkyl halides is 3. The zero-order valence-electron chi connectivity index (χ0n) is 15.2. The van der Waals surface area contributed by atoms with E-state index in [1.807, 2.05) is 19.1 Å². The maximum Gasteiger partial charge on any atom is 0.433 e. The van der Waals surface area contributed by atoms with Crippen LogP contribution in [0, 0.1) is 0 Å². The lowest BCUT2D eigenvalue weighted by Gasteiger charge is -2.10. The molecule has 148 valence electrons. The molecule has 0 unspecified atom stereocenters. The number of thiophene rings is 1. The molecule has 4 aromatic rings. The van der Waals surface area contributed by atoms with Crippen molar-refractivity contribution in [3.8, 4) is 10.6 Å². The summed E-state index contributed by atoms with van der Waals surface area (Å²) in [6.07, 6.45) is -3.79. The third-order valence-electron chi connectivity index (χ3n) is 4.34. The van der Waals surface area contributed by atoms with E-state index in [4.69, 9.17) is 0 Å². The van der Waals surface area contributed by atoms with Gasteiger partial charge in [-0.3, -0.25) is 4.79 Å². The number of nitrogens with one attached hydrogen (secondary N) is 1. The number of anilines is 1. The van der Waals surface area contributed by atoms with Crippen LogP contribution in [0.1, 0.15) is 28.7 Å². The van der Waals surface area contributed by atoms with Crippen LogP contribution in [0.15, 0.2) is 53.9 Å². The molecule has 3 aromatic heterocycles. The lowest BCUT2D eigenvalue weighted by Crippen LogP contribution is -2.15. The Kier molecular flexibility index (Phi) is 4.83. The molecule has 0 saturated carbocycles. The van der Waals surface area contributed by atoms with Crippen molar-refractivity contribution < 1.29 is 18.0 Å². The number of aromatic nitrogens is 3. The Bertz CT molecular complexity index is 1170. The summed E-state index contributed by atoms with van der Waals surface area (Å²) < 4.78 is 41.4. The first kappa shape index (κ1) is 19.1. The van der Waals surface area contributed by atoms with Gasteiger partial charge in [0.1, 0.15) is 0 Å². The number of hydrogen-bond donors (Lipinski definition) is 1. The van der Waals surface area contributed by atoms with Gasteiger partial charge in [-0.1, -0.05) is 25.1 Å². The number of fused-ring (bicyclic) bond motifs is 1. The second-order valence-corrected chi connectivity index (χ2v) is 7.25. The van der Waals surface area contributed by atoms with E-state index in [0.29, 0.717) is 15.1 Å². The number of halogens is 3. The highest BCUT2D eigenvalue weighted by atomic mass is 32.1. The number of rotatable bonds is 4. The van der Waals surface area contributed by atoms with Crippen LogP contribution in [0.25, 0.3) is 16.2 Å². The summed E-state index contributed by atoms with van der Waals surface area (Å²) in [5.41, 5.74) is 0.642. The molecule has 0 fully saturated rings. The minimum atomic E-state index is -4.65. The van der Waals surface area contributed by atoms with Crippen LogP contribution >= 0.6 is 11.3 Å². The van der Waals surface area contributed by atoms with Gasteiger partial charge in [-0.2, -0.15) is 18.3 Å². The zero-order chi connectivity index (χ0) is 20.6. The topological polar surface area (TPSA) is 59.3 Å². The highest BCUT2D eigenvalue weighted by molar-refractivity contribution is 7.13. The van der Waals surface area contributed by atoms with E-state index in [9.17, 15) is 18.0 Å². The first-order valence-electron chi connectivity index (χ1n) is 8.77. The van der Waals surface area contributed by atoms with Gasteiger partial charge in [0.15, 0.2) is 17.0 Å². The van der Waals surface area contributed by atoms with E-state index < -0.39 is 17.8 Å². The van der Waals surface area contributed by atoms with Crippen molar-refractivity contribution in [2.24, 2.45) is 0 Å². The fourth-order valence-electron chi connectivity index (χ4n) is 2.86. The first-order chi connectivity index (χ1) is 13.8. The molecule has 1 amide bonds. The van der Waals surface area contributed by atoms with Crippen molar-refractivity contribution in [1.29, 1.82) is 0 Å². The third kappa shape index (κ3) is 3.86. The minimum absolute atomic E-state index is 0.0466. The lowest BCUT2D eigenvalue weighted by molar-refractivity contribution is -0.142. The van der Waals surface area contributed by atoms with Crippen LogP contribution in [0.3, 0.4) is 0 Å². The molecule has 0 aliphatic rings. The maximum absolute atomic E-state index is 13.6. The average molecular weight is 416 g/mol. The highest BCUT2D eigenvalue weighted by Crippen LogP contribution is 2.33. The number of nitrogens with zero attached hydrogens (tertiary/aromatic N) is 3. The van der Waals surface area contributed by atoms with Crippen molar-refractivity contribution in [1.82, 2.24) is 14.6 Å². The Balaban J connectivity index is 1.73. The molecular formula is C20H15F3N4OS. The van der Waals surface area contributed by atoms with Crippen molar-refractivity contribution in [2.75, 3.05) is 5.32 Å². The van der Waals surface area contributed by atoms with Crippen LogP contribution in [-0.4, -0.2) is 20.5 Å². The van der Waals surface area contributed by atoms with Gasteiger partial charge >= 0.3 is 6.18 Å².